The molecule has 25 heavy (non-hydrogen) atoms. The molecular formula is C18H20F3N2O2+. The molecule has 0 fully saturated rings. The molecule has 0 aliphatic heterocycles. The fraction of sp³-hybridized carbons (Fsp3) is 0.278. The number of rotatable bonds is 6. The van der Waals surface area contributed by atoms with E-state index in [-0.39, 0.29) is 12.5 Å². The van der Waals surface area contributed by atoms with Gasteiger partial charge in [-0.2, -0.15) is 13.2 Å². The van der Waals surface area contributed by atoms with Crippen LogP contribution in [-0.4, -0.2) is 26.6 Å². The lowest BCUT2D eigenvalue weighted by Gasteiger charge is -2.14. The van der Waals surface area contributed by atoms with Gasteiger partial charge in [0.05, 0.1) is 19.7 Å². The first-order chi connectivity index (χ1) is 11.8. The first-order valence-electron chi connectivity index (χ1n) is 7.69. The Morgan fingerprint density at radius 3 is 2.20 bits per heavy atom. The lowest BCUT2D eigenvalue weighted by molar-refractivity contribution is -0.885. The Kier molecular flexibility index (Phi) is 6.03. The quantitative estimate of drug-likeness (QED) is 0.837. The molecule has 2 aromatic rings. The van der Waals surface area contributed by atoms with Crippen LogP contribution in [0, 0.1) is 0 Å². The molecule has 2 N–H and O–H groups in total. The standard InChI is InChI=1S/C18H19F3N2O2/c1-23(11-13-3-9-16(25-2)10-4-13)12-17(24)22-15-7-5-14(6-8-15)18(19,20)21/h3-10H,11-12H2,1-2H3,(H,22,24)/p+1. The SMILES string of the molecule is COc1ccc(C[NH+](C)CC(=O)Nc2ccc(C(F)(F)F)cc2)cc1. The number of nitrogens with one attached hydrogen (secondary N) is 2. The number of hydrogen-bond acceptors (Lipinski definition) is 2. The van der Waals surface area contributed by atoms with E-state index >= 15 is 0 Å². The Balaban J connectivity index is 1.86. The van der Waals surface area contributed by atoms with Crippen LogP contribution in [0.3, 0.4) is 0 Å². The number of amides is 1. The number of hydrogen-bond donors (Lipinski definition) is 2. The number of ether oxygens (including phenoxy) is 1. The fourth-order valence-electron chi connectivity index (χ4n) is 2.38. The van der Waals surface area contributed by atoms with Crippen LogP contribution in [0.2, 0.25) is 0 Å². The molecule has 2 rings (SSSR count). The maximum Gasteiger partial charge on any atom is 0.416 e. The molecule has 0 bridgehead atoms. The number of halogens is 3. The Morgan fingerprint density at radius 2 is 1.68 bits per heavy atom. The molecule has 0 aromatic heterocycles. The highest BCUT2D eigenvalue weighted by Gasteiger charge is 2.30. The topological polar surface area (TPSA) is 42.8 Å². The van der Waals surface area contributed by atoms with Gasteiger partial charge in [-0.15, -0.1) is 0 Å². The van der Waals surface area contributed by atoms with Gasteiger partial charge in [0.2, 0.25) is 0 Å². The maximum absolute atomic E-state index is 12.5. The van der Waals surface area contributed by atoms with Crippen LogP contribution >= 0.6 is 0 Å². The summed E-state index contributed by atoms with van der Waals surface area (Å²) in [6.45, 7) is 0.845. The molecule has 4 nitrogen and oxygen atoms in total. The summed E-state index contributed by atoms with van der Waals surface area (Å²) >= 11 is 0. The third-order valence-electron chi connectivity index (χ3n) is 3.62. The fourth-order valence-corrected chi connectivity index (χ4v) is 2.38. The summed E-state index contributed by atoms with van der Waals surface area (Å²) in [5, 5.41) is 2.61. The number of likely N-dealkylation sites (N-methyl/N-ethyl adjacent to an activating group) is 1. The van der Waals surface area contributed by atoms with E-state index in [1.807, 2.05) is 31.3 Å². The molecule has 0 radical (unpaired) electrons. The summed E-state index contributed by atoms with van der Waals surface area (Å²) in [6, 6.07) is 12.0. The Labute approximate surface area is 144 Å². The first-order valence-corrected chi connectivity index (χ1v) is 7.69. The zero-order valence-electron chi connectivity index (χ0n) is 14.0. The lowest BCUT2D eigenvalue weighted by Crippen LogP contribution is -3.08. The van der Waals surface area contributed by atoms with Gasteiger partial charge in [0.1, 0.15) is 12.3 Å². The third-order valence-corrected chi connectivity index (χ3v) is 3.62. The average molecular weight is 353 g/mol. The van der Waals surface area contributed by atoms with E-state index < -0.39 is 11.7 Å². The second-order valence-corrected chi connectivity index (χ2v) is 5.78. The lowest BCUT2D eigenvalue weighted by atomic mass is 10.2. The highest BCUT2D eigenvalue weighted by Crippen LogP contribution is 2.29. The Hall–Kier alpha value is -2.54. The predicted octanol–water partition coefficient (Wildman–Crippen LogP) is 2.37. The Morgan fingerprint density at radius 1 is 1.08 bits per heavy atom. The number of anilines is 1. The number of quaternary nitrogens is 1. The van der Waals surface area contributed by atoms with Crippen molar-refractivity contribution in [3.63, 3.8) is 0 Å². The Bertz CT molecular complexity index is 698. The van der Waals surface area contributed by atoms with Crippen molar-refractivity contribution in [2.24, 2.45) is 0 Å². The van der Waals surface area contributed by atoms with Crippen LogP contribution in [0.4, 0.5) is 18.9 Å². The van der Waals surface area contributed by atoms with Crippen molar-refractivity contribution >= 4 is 11.6 Å². The monoisotopic (exact) mass is 353 g/mol. The number of benzene rings is 2. The van der Waals surface area contributed by atoms with Gasteiger partial charge in [0, 0.05) is 11.3 Å². The van der Waals surface area contributed by atoms with E-state index in [9.17, 15) is 18.0 Å². The number of carbonyl (C=O) groups excluding carboxylic acids is 1. The summed E-state index contributed by atoms with van der Waals surface area (Å²) in [6.07, 6.45) is -4.38. The van der Waals surface area contributed by atoms with Gasteiger partial charge in [-0.3, -0.25) is 4.79 Å². The summed E-state index contributed by atoms with van der Waals surface area (Å²) < 4.78 is 42.6. The second-order valence-electron chi connectivity index (χ2n) is 5.78. The van der Waals surface area contributed by atoms with Crippen LogP contribution < -0.4 is 15.0 Å². The van der Waals surface area contributed by atoms with Crippen molar-refractivity contribution in [1.29, 1.82) is 0 Å². The van der Waals surface area contributed by atoms with E-state index in [0.29, 0.717) is 12.2 Å². The van der Waals surface area contributed by atoms with Crippen LogP contribution in [-0.2, 0) is 17.5 Å². The molecule has 0 saturated carbocycles. The van der Waals surface area contributed by atoms with Gasteiger partial charge in [0.25, 0.3) is 5.91 Å². The molecular weight excluding hydrogens is 333 g/mol. The molecule has 1 atom stereocenters. The first kappa shape index (κ1) is 18.8. The zero-order chi connectivity index (χ0) is 18.4. The van der Waals surface area contributed by atoms with Gasteiger partial charge in [0.15, 0.2) is 6.54 Å². The molecule has 0 saturated heterocycles. The second kappa shape index (κ2) is 8.02. The highest BCUT2D eigenvalue weighted by molar-refractivity contribution is 5.91. The largest absolute Gasteiger partial charge is 0.497 e. The van der Waals surface area contributed by atoms with Crippen molar-refractivity contribution in [3.05, 3.63) is 59.7 Å². The number of alkyl halides is 3. The van der Waals surface area contributed by atoms with Crippen molar-refractivity contribution in [3.8, 4) is 5.75 Å². The van der Waals surface area contributed by atoms with E-state index in [2.05, 4.69) is 5.32 Å². The minimum atomic E-state index is -4.38. The van der Waals surface area contributed by atoms with Crippen LogP contribution in [0.1, 0.15) is 11.1 Å². The van der Waals surface area contributed by atoms with Crippen molar-refractivity contribution in [2.75, 3.05) is 26.0 Å². The van der Waals surface area contributed by atoms with Gasteiger partial charge in [-0.1, -0.05) is 0 Å². The molecule has 1 unspecified atom stereocenters. The zero-order valence-corrected chi connectivity index (χ0v) is 14.0. The van der Waals surface area contributed by atoms with Crippen LogP contribution in [0.5, 0.6) is 5.75 Å². The minimum Gasteiger partial charge on any atom is -0.497 e. The van der Waals surface area contributed by atoms with Gasteiger partial charge in [-0.25, -0.2) is 0 Å². The van der Waals surface area contributed by atoms with Crippen LogP contribution in [0.25, 0.3) is 0 Å². The summed E-state index contributed by atoms with van der Waals surface area (Å²) in [7, 11) is 3.47. The van der Waals surface area contributed by atoms with Gasteiger partial charge < -0.3 is 15.0 Å². The molecule has 0 heterocycles. The minimum absolute atomic E-state index is 0.201. The van der Waals surface area contributed by atoms with E-state index in [4.69, 9.17) is 4.74 Å². The average Bonchev–Trinajstić information content (AvgIpc) is 2.55. The summed E-state index contributed by atoms with van der Waals surface area (Å²) in [5.74, 6) is 0.507. The van der Waals surface area contributed by atoms with Crippen molar-refractivity contribution < 1.29 is 27.6 Å². The molecule has 0 spiro atoms. The van der Waals surface area contributed by atoms with E-state index in [1.54, 1.807) is 7.11 Å². The van der Waals surface area contributed by atoms with Crippen LogP contribution in [0.15, 0.2) is 48.5 Å². The predicted molar refractivity (Wildman–Crippen MR) is 88.5 cm³/mol. The smallest absolute Gasteiger partial charge is 0.416 e. The van der Waals surface area contributed by atoms with E-state index in [1.165, 1.54) is 12.1 Å². The third kappa shape index (κ3) is 5.79. The number of methoxy groups -OCH3 is 1. The molecule has 0 aliphatic rings. The summed E-state index contributed by atoms with van der Waals surface area (Å²) in [5.41, 5.74) is 0.656. The number of carbonyl (C=O) groups is 1. The van der Waals surface area contributed by atoms with E-state index in [0.717, 1.165) is 28.3 Å². The summed E-state index contributed by atoms with van der Waals surface area (Å²) in [4.78, 5) is 13.0. The van der Waals surface area contributed by atoms with Gasteiger partial charge >= 0.3 is 6.18 Å². The molecule has 1 amide bonds. The maximum atomic E-state index is 12.5. The highest BCUT2D eigenvalue weighted by atomic mass is 19.4. The molecule has 2 aromatic carbocycles. The van der Waals surface area contributed by atoms with Crippen molar-refractivity contribution in [1.82, 2.24) is 0 Å². The molecule has 0 aliphatic carbocycles. The van der Waals surface area contributed by atoms with Crippen molar-refractivity contribution in [2.45, 2.75) is 12.7 Å². The molecule has 134 valence electrons. The molecule has 7 heteroatoms. The van der Waals surface area contributed by atoms with Gasteiger partial charge in [-0.05, 0) is 48.5 Å². The normalized spacial score (nSPS) is 12.5.